The maximum Gasteiger partial charge on any atom is 0.416 e. The Morgan fingerprint density at radius 3 is 2.08 bits per heavy atom. The first kappa shape index (κ1) is 26.6. The van der Waals surface area contributed by atoms with E-state index in [9.17, 15) is 27.9 Å². The van der Waals surface area contributed by atoms with Gasteiger partial charge in [0.25, 0.3) is 5.69 Å². The number of benzene rings is 3. The number of nitro groups is 1. The first-order valence-electron chi connectivity index (χ1n) is 11.5. The molecule has 1 aromatic heterocycles. The van der Waals surface area contributed by atoms with E-state index >= 15 is 0 Å². The Morgan fingerprint density at radius 2 is 1.54 bits per heavy atom. The van der Waals surface area contributed by atoms with Crippen molar-refractivity contribution in [3.63, 3.8) is 0 Å². The molecule has 0 amide bonds. The van der Waals surface area contributed by atoms with Crippen molar-refractivity contribution in [2.24, 2.45) is 0 Å². The second kappa shape index (κ2) is 10.5. The fourth-order valence-corrected chi connectivity index (χ4v) is 6.22. The molecule has 0 spiro atoms. The summed E-state index contributed by atoms with van der Waals surface area (Å²) in [6.45, 7) is 3.29. The van der Waals surface area contributed by atoms with Gasteiger partial charge in [0, 0.05) is 40.7 Å². The van der Waals surface area contributed by atoms with Crippen LogP contribution >= 0.6 is 7.60 Å². The van der Waals surface area contributed by atoms with Gasteiger partial charge in [-0.15, -0.1) is 0 Å². The molecule has 4 rings (SSSR count). The zero-order chi connectivity index (χ0) is 26.8. The van der Waals surface area contributed by atoms with Crippen molar-refractivity contribution in [2.45, 2.75) is 26.4 Å². The van der Waals surface area contributed by atoms with Gasteiger partial charge in [0.1, 0.15) is 5.44 Å². The molecule has 0 saturated heterocycles. The molecule has 194 valence electrons. The van der Waals surface area contributed by atoms with E-state index in [-0.39, 0.29) is 35.4 Å². The van der Waals surface area contributed by atoms with Crippen LogP contribution < -0.4 is 5.44 Å². The number of aromatic nitrogens is 1. The SMILES string of the molecule is CCOP(=O)(OCC)c1c2cc([N+](=O)[O-])ccc2c(Cc2ccccc2)n1-c1ccc(C(F)(F)F)cc1. The molecule has 0 bridgehead atoms. The topological polar surface area (TPSA) is 83.6 Å². The minimum atomic E-state index is -4.54. The molecule has 0 aliphatic rings. The van der Waals surface area contributed by atoms with Crippen LogP contribution in [-0.4, -0.2) is 22.7 Å². The molecule has 0 unspecified atom stereocenters. The number of hydrogen-bond acceptors (Lipinski definition) is 5. The summed E-state index contributed by atoms with van der Waals surface area (Å²) in [6, 6.07) is 17.9. The number of alkyl halides is 3. The van der Waals surface area contributed by atoms with Gasteiger partial charge in [-0.1, -0.05) is 30.3 Å². The number of halogens is 3. The number of non-ortho nitro benzene ring substituents is 1. The Kier molecular flexibility index (Phi) is 7.54. The highest BCUT2D eigenvalue weighted by atomic mass is 31.2. The van der Waals surface area contributed by atoms with Crippen molar-refractivity contribution in [3.05, 3.63) is 99.7 Å². The number of nitro benzene ring substituents is 1. The molecule has 37 heavy (non-hydrogen) atoms. The largest absolute Gasteiger partial charge is 0.416 e. The van der Waals surface area contributed by atoms with Crippen molar-refractivity contribution >= 4 is 29.5 Å². The van der Waals surface area contributed by atoms with Crippen LogP contribution in [0.1, 0.15) is 30.7 Å². The quantitative estimate of drug-likeness (QED) is 0.131. The lowest BCUT2D eigenvalue weighted by atomic mass is 10.1. The van der Waals surface area contributed by atoms with Gasteiger partial charge in [-0.2, -0.15) is 13.2 Å². The fraction of sp³-hybridized carbons (Fsp3) is 0.231. The van der Waals surface area contributed by atoms with Crippen LogP contribution in [0, 0.1) is 10.1 Å². The van der Waals surface area contributed by atoms with E-state index in [0.717, 1.165) is 17.7 Å². The summed E-state index contributed by atoms with van der Waals surface area (Å²) in [5.74, 6) is 0. The van der Waals surface area contributed by atoms with E-state index in [1.165, 1.54) is 24.3 Å². The molecular formula is C26H24F3N2O5P. The molecule has 0 saturated carbocycles. The monoisotopic (exact) mass is 532 g/mol. The lowest BCUT2D eigenvalue weighted by molar-refractivity contribution is -0.384. The fourth-order valence-electron chi connectivity index (χ4n) is 4.26. The highest BCUT2D eigenvalue weighted by molar-refractivity contribution is 7.62. The van der Waals surface area contributed by atoms with E-state index in [0.29, 0.717) is 17.5 Å². The van der Waals surface area contributed by atoms with Crippen molar-refractivity contribution in [1.29, 1.82) is 0 Å². The molecule has 0 aliphatic heterocycles. The third-order valence-corrected chi connectivity index (χ3v) is 7.93. The summed E-state index contributed by atoms with van der Waals surface area (Å²) < 4.78 is 66.9. The van der Waals surface area contributed by atoms with Gasteiger partial charge in [0.2, 0.25) is 0 Å². The van der Waals surface area contributed by atoms with Crippen molar-refractivity contribution in [1.82, 2.24) is 4.57 Å². The molecule has 11 heteroatoms. The molecule has 0 atom stereocenters. The van der Waals surface area contributed by atoms with E-state index in [1.54, 1.807) is 24.5 Å². The van der Waals surface area contributed by atoms with Crippen LogP contribution in [0.3, 0.4) is 0 Å². The normalized spacial score (nSPS) is 12.2. The molecule has 0 N–H and O–H groups in total. The standard InChI is InChI=1S/C26H24F3N2O5P/c1-3-35-37(34,36-4-2)25-23-17-21(31(32)33)14-15-22(23)24(16-18-8-6-5-7-9-18)30(25)20-12-10-19(11-13-20)26(27,28)29/h5-15,17H,3-4,16H2,1-2H3. The van der Waals surface area contributed by atoms with Gasteiger partial charge >= 0.3 is 13.8 Å². The molecule has 0 aliphatic carbocycles. The average Bonchev–Trinajstić information content (AvgIpc) is 3.18. The second-order valence-corrected chi connectivity index (χ2v) is 10.1. The van der Waals surface area contributed by atoms with Crippen molar-refractivity contribution in [2.75, 3.05) is 13.2 Å². The lowest BCUT2D eigenvalue weighted by Gasteiger charge is -2.21. The van der Waals surface area contributed by atoms with Crippen molar-refractivity contribution in [3.8, 4) is 5.69 Å². The lowest BCUT2D eigenvalue weighted by Crippen LogP contribution is -2.21. The third-order valence-electron chi connectivity index (χ3n) is 5.77. The Labute approximate surface area is 211 Å². The van der Waals surface area contributed by atoms with Gasteiger partial charge in [-0.25, -0.2) is 0 Å². The Bertz CT molecular complexity index is 1460. The zero-order valence-electron chi connectivity index (χ0n) is 20.1. The highest BCUT2D eigenvalue weighted by Gasteiger charge is 2.37. The molecule has 4 aromatic rings. The maximum absolute atomic E-state index is 14.2. The van der Waals surface area contributed by atoms with Crippen molar-refractivity contribution < 1.29 is 31.7 Å². The van der Waals surface area contributed by atoms with E-state index in [1.807, 2.05) is 30.3 Å². The van der Waals surface area contributed by atoms with Crippen LogP contribution in [0.5, 0.6) is 0 Å². The van der Waals surface area contributed by atoms with Gasteiger partial charge in [-0.3, -0.25) is 14.7 Å². The molecular weight excluding hydrogens is 508 g/mol. The zero-order valence-corrected chi connectivity index (χ0v) is 21.0. The summed E-state index contributed by atoms with van der Waals surface area (Å²) in [7, 11) is -4.08. The molecule has 3 aromatic carbocycles. The van der Waals surface area contributed by atoms with Crippen LogP contribution in [0.15, 0.2) is 72.8 Å². The summed E-state index contributed by atoms with van der Waals surface area (Å²) in [6.07, 6.45) is -4.24. The Hall–Kier alpha value is -3.46. The minimum Gasteiger partial charge on any atom is -0.306 e. The molecule has 0 fully saturated rings. The summed E-state index contributed by atoms with van der Waals surface area (Å²) >= 11 is 0. The maximum atomic E-state index is 14.2. The number of hydrogen-bond donors (Lipinski definition) is 0. The molecule has 0 radical (unpaired) electrons. The second-order valence-electron chi connectivity index (χ2n) is 8.13. The van der Waals surface area contributed by atoms with E-state index in [2.05, 4.69) is 0 Å². The Balaban J connectivity index is 2.11. The van der Waals surface area contributed by atoms with Crippen LogP contribution in [0.25, 0.3) is 16.5 Å². The minimum absolute atomic E-state index is 0.0138. The summed E-state index contributed by atoms with van der Waals surface area (Å²) in [5, 5.41) is 12.4. The van der Waals surface area contributed by atoms with Gasteiger partial charge < -0.3 is 13.6 Å². The average molecular weight is 532 g/mol. The first-order chi connectivity index (χ1) is 17.6. The predicted molar refractivity (Wildman–Crippen MR) is 135 cm³/mol. The first-order valence-corrected chi connectivity index (χ1v) is 13.1. The predicted octanol–water partition coefficient (Wildman–Crippen LogP) is 7.04. The number of fused-ring (bicyclic) bond motifs is 1. The number of nitrogens with zero attached hydrogens (tertiary/aromatic N) is 2. The highest BCUT2D eigenvalue weighted by Crippen LogP contribution is 2.51. The number of rotatable bonds is 9. The van der Waals surface area contributed by atoms with Gasteiger partial charge in [0.05, 0.1) is 23.7 Å². The van der Waals surface area contributed by atoms with Crippen LogP contribution in [-0.2, 0) is 26.2 Å². The van der Waals surface area contributed by atoms with Gasteiger partial charge in [-0.05, 0) is 49.7 Å². The smallest absolute Gasteiger partial charge is 0.306 e. The van der Waals surface area contributed by atoms with Crippen LogP contribution in [0.4, 0.5) is 18.9 Å². The Morgan fingerprint density at radius 1 is 0.919 bits per heavy atom. The summed E-state index contributed by atoms with van der Waals surface area (Å²) in [5.41, 5.74) is 0.692. The molecule has 1 heterocycles. The molecule has 7 nitrogen and oxygen atoms in total. The van der Waals surface area contributed by atoms with E-state index < -0.39 is 24.3 Å². The van der Waals surface area contributed by atoms with Gasteiger partial charge in [0.15, 0.2) is 0 Å². The summed E-state index contributed by atoms with van der Waals surface area (Å²) in [4.78, 5) is 11.0. The van der Waals surface area contributed by atoms with Crippen LogP contribution in [0.2, 0.25) is 0 Å². The van der Waals surface area contributed by atoms with E-state index in [4.69, 9.17) is 9.05 Å². The third kappa shape index (κ3) is 5.32.